The average Bonchev–Trinajstić information content (AvgIpc) is 2.26. The van der Waals surface area contributed by atoms with E-state index in [1.807, 2.05) is 0 Å². The molecule has 2 rings (SSSR count). The smallest absolute Gasteiger partial charge is 0.237 e. The van der Waals surface area contributed by atoms with Crippen LogP contribution >= 0.6 is 23.2 Å². The highest BCUT2D eigenvalue weighted by molar-refractivity contribution is 6.36. The molecule has 86 valence electrons. The molecule has 1 heterocycles. The van der Waals surface area contributed by atoms with Crippen molar-refractivity contribution in [1.29, 1.82) is 0 Å². The number of benzene rings is 1. The first-order valence-electron chi connectivity index (χ1n) is 5.12. The Morgan fingerprint density at radius 3 is 2.56 bits per heavy atom. The van der Waals surface area contributed by atoms with Gasteiger partial charge in [-0.1, -0.05) is 29.3 Å². The molecule has 16 heavy (non-hydrogen) atoms. The lowest BCUT2D eigenvalue weighted by atomic mass is 10.0. The van der Waals surface area contributed by atoms with E-state index in [0.717, 1.165) is 12.1 Å². The quantitative estimate of drug-likeness (QED) is 0.847. The SMILES string of the molecule is O=C1NCCNC1Cc1c(Cl)cccc1Cl. The van der Waals surface area contributed by atoms with Crippen molar-refractivity contribution in [2.45, 2.75) is 12.5 Å². The second-order valence-electron chi connectivity index (χ2n) is 3.70. The van der Waals surface area contributed by atoms with Crippen LogP contribution in [0.15, 0.2) is 18.2 Å². The van der Waals surface area contributed by atoms with E-state index in [9.17, 15) is 4.79 Å². The molecule has 1 atom stereocenters. The van der Waals surface area contributed by atoms with Gasteiger partial charge in [-0.25, -0.2) is 0 Å². The van der Waals surface area contributed by atoms with Gasteiger partial charge in [0.25, 0.3) is 0 Å². The lowest BCUT2D eigenvalue weighted by Gasteiger charge is -2.24. The molecule has 1 aliphatic heterocycles. The summed E-state index contributed by atoms with van der Waals surface area (Å²) < 4.78 is 0. The molecule has 1 aromatic carbocycles. The highest BCUT2D eigenvalue weighted by Gasteiger charge is 2.23. The molecule has 0 radical (unpaired) electrons. The summed E-state index contributed by atoms with van der Waals surface area (Å²) in [5.41, 5.74) is 0.820. The topological polar surface area (TPSA) is 41.1 Å². The Kier molecular flexibility index (Phi) is 3.69. The Balaban J connectivity index is 2.16. The van der Waals surface area contributed by atoms with Gasteiger partial charge in [-0.2, -0.15) is 0 Å². The Hall–Kier alpha value is -0.770. The number of nitrogens with one attached hydrogen (secondary N) is 2. The predicted molar refractivity (Wildman–Crippen MR) is 65.0 cm³/mol. The van der Waals surface area contributed by atoms with Crippen LogP contribution in [0.3, 0.4) is 0 Å². The summed E-state index contributed by atoms with van der Waals surface area (Å²) in [6.45, 7) is 1.45. The molecular weight excluding hydrogens is 247 g/mol. The third-order valence-corrected chi connectivity index (χ3v) is 3.31. The standard InChI is InChI=1S/C11H12Cl2N2O/c12-8-2-1-3-9(13)7(8)6-10-11(16)15-5-4-14-10/h1-3,10,14H,4-6H2,(H,15,16). The highest BCUT2D eigenvalue weighted by Crippen LogP contribution is 2.25. The van der Waals surface area contributed by atoms with Crippen LogP contribution in [0.4, 0.5) is 0 Å². The highest BCUT2D eigenvalue weighted by atomic mass is 35.5. The van der Waals surface area contributed by atoms with Gasteiger partial charge >= 0.3 is 0 Å². The van der Waals surface area contributed by atoms with E-state index < -0.39 is 0 Å². The van der Waals surface area contributed by atoms with E-state index in [1.54, 1.807) is 18.2 Å². The third kappa shape index (κ3) is 2.48. The van der Waals surface area contributed by atoms with Crippen LogP contribution in [-0.2, 0) is 11.2 Å². The van der Waals surface area contributed by atoms with E-state index >= 15 is 0 Å². The fourth-order valence-corrected chi connectivity index (χ4v) is 2.30. The largest absolute Gasteiger partial charge is 0.353 e. The van der Waals surface area contributed by atoms with Crippen LogP contribution in [0.2, 0.25) is 10.0 Å². The Morgan fingerprint density at radius 1 is 1.25 bits per heavy atom. The maximum atomic E-state index is 11.6. The van der Waals surface area contributed by atoms with Crippen LogP contribution in [0.5, 0.6) is 0 Å². The summed E-state index contributed by atoms with van der Waals surface area (Å²) in [7, 11) is 0. The van der Waals surface area contributed by atoms with Crippen LogP contribution in [0, 0.1) is 0 Å². The molecule has 1 amide bonds. The fourth-order valence-electron chi connectivity index (χ4n) is 1.74. The second kappa shape index (κ2) is 5.04. The summed E-state index contributed by atoms with van der Waals surface area (Å²) in [5.74, 6) is 0.00207. The Morgan fingerprint density at radius 2 is 1.94 bits per heavy atom. The number of hydrogen-bond acceptors (Lipinski definition) is 2. The molecule has 0 bridgehead atoms. The number of carbonyl (C=O) groups excluding carboxylic acids is 1. The van der Waals surface area contributed by atoms with Crippen molar-refractivity contribution in [3.63, 3.8) is 0 Å². The number of hydrogen-bond donors (Lipinski definition) is 2. The first kappa shape index (κ1) is 11.7. The summed E-state index contributed by atoms with van der Waals surface area (Å²) >= 11 is 12.1. The number of carbonyl (C=O) groups is 1. The summed E-state index contributed by atoms with van der Waals surface area (Å²) in [5, 5.41) is 7.15. The number of piperazine rings is 1. The van der Waals surface area contributed by atoms with Crippen LogP contribution in [0.25, 0.3) is 0 Å². The molecule has 3 nitrogen and oxygen atoms in total. The lowest BCUT2D eigenvalue weighted by molar-refractivity contribution is -0.124. The number of amides is 1. The second-order valence-corrected chi connectivity index (χ2v) is 4.52. The van der Waals surface area contributed by atoms with E-state index in [0.29, 0.717) is 23.0 Å². The van der Waals surface area contributed by atoms with Crippen molar-refractivity contribution in [1.82, 2.24) is 10.6 Å². The monoisotopic (exact) mass is 258 g/mol. The molecule has 2 N–H and O–H groups in total. The fraction of sp³-hybridized carbons (Fsp3) is 0.364. The van der Waals surface area contributed by atoms with Crippen LogP contribution < -0.4 is 10.6 Å². The minimum absolute atomic E-state index is 0.00207. The van der Waals surface area contributed by atoms with Crippen LogP contribution in [0.1, 0.15) is 5.56 Å². The third-order valence-electron chi connectivity index (χ3n) is 2.60. The van der Waals surface area contributed by atoms with Gasteiger partial charge in [-0.3, -0.25) is 4.79 Å². The molecule has 1 aliphatic rings. The number of rotatable bonds is 2. The molecule has 1 fully saturated rings. The van der Waals surface area contributed by atoms with Gasteiger partial charge in [-0.05, 0) is 24.1 Å². The number of halogens is 2. The molecule has 0 aliphatic carbocycles. The normalized spacial score (nSPS) is 20.6. The maximum absolute atomic E-state index is 11.6. The maximum Gasteiger partial charge on any atom is 0.237 e. The average molecular weight is 259 g/mol. The first-order valence-corrected chi connectivity index (χ1v) is 5.88. The van der Waals surface area contributed by atoms with Crippen molar-refractivity contribution in [3.05, 3.63) is 33.8 Å². The summed E-state index contributed by atoms with van der Waals surface area (Å²) in [6, 6.07) is 5.11. The van der Waals surface area contributed by atoms with Gasteiger partial charge in [0, 0.05) is 23.1 Å². The van der Waals surface area contributed by atoms with E-state index in [-0.39, 0.29) is 11.9 Å². The molecule has 0 saturated carbocycles. The van der Waals surface area contributed by atoms with Gasteiger partial charge in [0.2, 0.25) is 5.91 Å². The van der Waals surface area contributed by atoms with Crippen LogP contribution in [-0.4, -0.2) is 25.0 Å². The lowest BCUT2D eigenvalue weighted by Crippen LogP contribution is -2.53. The molecule has 1 saturated heterocycles. The zero-order chi connectivity index (χ0) is 11.5. The molecule has 1 unspecified atom stereocenters. The van der Waals surface area contributed by atoms with Gasteiger partial charge in [0.15, 0.2) is 0 Å². The zero-order valence-electron chi connectivity index (χ0n) is 8.59. The zero-order valence-corrected chi connectivity index (χ0v) is 10.1. The molecule has 1 aromatic rings. The molecular formula is C11H12Cl2N2O. The predicted octanol–water partition coefficient (Wildman–Crippen LogP) is 1.62. The Labute approximate surface area is 104 Å². The molecule has 0 aromatic heterocycles. The van der Waals surface area contributed by atoms with Crippen molar-refractivity contribution < 1.29 is 4.79 Å². The first-order chi connectivity index (χ1) is 7.68. The van der Waals surface area contributed by atoms with E-state index in [1.165, 1.54) is 0 Å². The van der Waals surface area contributed by atoms with Gasteiger partial charge < -0.3 is 10.6 Å². The van der Waals surface area contributed by atoms with Gasteiger partial charge in [0.05, 0.1) is 6.04 Å². The van der Waals surface area contributed by atoms with E-state index in [2.05, 4.69) is 10.6 Å². The van der Waals surface area contributed by atoms with Gasteiger partial charge in [-0.15, -0.1) is 0 Å². The van der Waals surface area contributed by atoms with Gasteiger partial charge in [0.1, 0.15) is 0 Å². The molecule has 5 heteroatoms. The van der Waals surface area contributed by atoms with Crippen molar-refractivity contribution in [2.75, 3.05) is 13.1 Å². The minimum Gasteiger partial charge on any atom is -0.353 e. The van der Waals surface area contributed by atoms with Crippen molar-refractivity contribution in [2.24, 2.45) is 0 Å². The summed E-state index contributed by atoms with van der Waals surface area (Å²) in [4.78, 5) is 11.6. The minimum atomic E-state index is -0.244. The van der Waals surface area contributed by atoms with Crippen molar-refractivity contribution >= 4 is 29.1 Å². The summed E-state index contributed by atoms with van der Waals surface area (Å²) in [6.07, 6.45) is 0.518. The van der Waals surface area contributed by atoms with E-state index in [4.69, 9.17) is 23.2 Å². The Bertz CT molecular complexity index is 389. The molecule has 0 spiro atoms. The van der Waals surface area contributed by atoms with Crippen molar-refractivity contribution in [3.8, 4) is 0 Å².